The Morgan fingerprint density at radius 2 is 2.00 bits per heavy atom. The summed E-state index contributed by atoms with van der Waals surface area (Å²) in [6.45, 7) is 1.07. The predicted octanol–water partition coefficient (Wildman–Crippen LogP) is 2.79. The van der Waals surface area contributed by atoms with Crippen LogP contribution in [-0.2, 0) is 5.75 Å². The van der Waals surface area contributed by atoms with Gasteiger partial charge in [-0.25, -0.2) is 0 Å². The normalized spacial score (nSPS) is 10.3. The number of thioether (sulfide) groups is 1. The quantitative estimate of drug-likeness (QED) is 0.759. The molecule has 0 atom stereocenters. The first-order valence-electron chi connectivity index (χ1n) is 4.29. The van der Waals surface area contributed by atoms with E-state index < -0.39 is 0 Å². The van der Waals surface area contributed by atoms with Crippen molar-refractivity contribution in [2.75, 3.05) is 19.3 Å². The lowest BCUT2D eigenvalue weighted by atomic mass is 10.2. The Morgan fingerprint density at radius 3 is 2.62 bits per heavy atom. The lowest BCUT2D eigenvalue weighted by Gasteiger charge is -2.01. The molecule has 0 aliphatic carbocycles. The van der Waals surface area contributed by atoms with Crippen molar-refractivity contribution in [3.63, 3.8) is 0 Å². The molecule has 0 fully saturated rings. The Morgan fingerprint density at radius 1 is 1.31 bits per heavy atom. The summed E-state index contributed by atoms with van der Waals surface area (Å²) < 4.78 is 0. The lowest BCUT2D eigenvalue weighted by Crippen LogP contribution is -2.09. The Kier molecular flexibility index (Phi) is 5.28. The van der Waals surface area contributed by atoms with Gasteiger partial charge in [0.25, 0.3) is 0 Å². The smallest absolute Gasteiger partial charge is 0.0406 e. The van der Waals surface area contributed by atoms with Crippen LogP contribution in [0.1, 0.15) is 5.56 Å². The molecule has 72 valence electrons. The number of rotatable bonds is 5. The summed E-state index contributed by atoms with van der Waals surface area (Å²) in [5.74, 6) is 2.22. The highest BCUT2D eigenvalue weighted by Gasteiger charge is 1.93. The minimum absolute atomic E-state index is 0.809. The molecular weight excluding hydrogens is 202 g/mol. The van der Waals surface area contributed by atoms with E-state index >= 15 is 0 Å². The van der Waals surface area contributed by atoms with Gasteiger partial charge in [0.05, 0.1) is 0 Å². The van der Waals surface area contributed by atoms with Gasteiger partial charge in [-0.05, 0) is 24.7 Å². The van der Waals surface area contributed by atoms with Crippen molar-refractivity contribution < 1.29 is 0 Å². The lowest BCUT2D eigenvalue weighted by molar-refractivity contribution is 0.872. The fourth-order valence-corrected chi connectivity index (χ4v) is 1.99. The van der Waals surface area contributed by atoms with E-state index in [2.05, 4.69) is 17.4 Å². The van der Waals surface area contributed by atoms with Crippen LogP contribution in [0.25, 0.3) is 0 Å². The van der Waals surface area contributed by atoms with Gasteiger partial charge in [0.2, 0.25) is 0 Å². The molecule has 0 unspecified atom stereocenters. The van der Waals surface area contributed by atoms with E-state index in [1.807, 2.05) is 30.9 Å². The number of hydrogen-bond donors (Lipinski definition) is 1. The van der Waals surface area contributed by atoms with Crippen LogP contribution >= 0.6 is 23.4 Å². The minimum atomic E-state index is 0.809. The van der Waals surface area contributed by atoms with Crippen LogP contribution in [-0.4, -0.2) is 19.3 Å². The summed E-state index contributed by atoms with van der Waals surface area (Å²) in [7, 11) is 1.98. The van der Waals surface area contributed by atoms with E-state index in [0.717, 1.165) is 23.1 Å². The fraction of sp³-hybridized carbons (Fsp3) is 0.400. The zero-order valence-corrected chi connectivity index (χ0v) is 9.29. The maximum atomic E-state index is 5.78. The van der Waals surface area contributed by atoms with Gasteiger partial charge >= 0.3 is 0 Å². The SMILES string of the molecule is CNCCSCc1ccc(Cl)cc1. The van der Waals surface area contributed by atoms with Crippen molar-refractivity contribution in [3.8, 4) is 0 Å². The van der Waals surface area contributed by atoms with Crippen molar-refractivity contribution >= 4 is 23.4 Å². The van der Waals surface area contributed by atoms with Crippen LogP contribution in [0.3, 0.4) is 0 Å². The first-order chi connectivity index (χ1) is 6.33. The maximum Gasteiger partial charge on any atom is 0.0406 e. The van der Waals surface area contributed by atoms with Gasteiger partial charge in [-0.1, -0.05) is 23.7 Å². The molecular formula is C10H14ClNS. The molecule has 0 aliphatic heterocycles. The number of benzene rings is 1. The van der Waals surface area contributed by atoms with E-state index in [-0.39, 0.29) is 0 Å². The highest BCUT2D eigenvalue weighted by molar-refractivity contribution is 7.98. The average Bonchev–Trinajstić information content (AvgIpc) is 2.15. The van der Waals surface area contributed by atoms with E-state index in [1.54, 1.807) is 0 Å². The zero-order valence-electron chi connectivity index (χ0n) is 7.72. The molecule has 0 bridgehead atoms. The summed E-state index contributed by atoms with van der Waals surface area (Å²) in [6, 6.07) is 8.04. The molecule has 0 heterocycles. The molecule has 0 saturated heterocycles. The summed E-state index contributed by atoms with van der Waals surface area (Å²) in [5, 5.41) is 3.93. The van der Waals surface area contributed by atoms with E-state index in [4.69, 9.17) is 11.6 Å². The number of halogens is 1. The molecule has 1 aromatic rings. The van der Waals surface area contributed by atoms with Crippen LogP contribution in [0.15, 0.2) is 24.3 Å². The zero-order chi connectivity index (χ0) is 9.52. The minimum Gasteiger partial charge on any atom is -0.319 e. The van der Waals surface area contributed by atoms with Gasteiger partial charge < -0.3 is 5.32 Å². The van der Waals surface area contributed by atoms with Crippen molar-refractivity contribution in [2.45, 2.75) is 5.75 Å². The molecule has 0 saturated carbocycles. The number of hydrogen-bond acceptors (Lipinski definition) is 2. The fourth-order valence-electron chi connectivity index (χ4n) is 0.945. The standard InChI is InChI=1S/C10H14ClNS/c1-12-6-7-13-8-9-2-4-10(11)5-3-9/h2-5,12H,6-8H2,1H3. The average molecular weight is 216 g/mol. The Balaban J connectivity index is 2.25. The third-order valence-electron chi connectivity index (χ3n) is 1.68. The second kappa shape index (κ2) is 6.30. The molecule has 1 nitrogen and oxygen atoms in total. The van der Waals surface area contributed by atoms with E-state index in [0.29, 0.717) is 0 Å². The van der Waals surface area contributed by atoms with Gasteiger partial charge in [-0.2, -0.15) is 11.8 Å². The van der Waals surface area contributed by atoms with Gasteiger partial charge in [-0.3, -0.25) is 0 Å². The molecule has 0 radical (unpaired) electrons. The third kappa shape index (κ3) is 4.55. The predicted molar refractivity (Wildman–Crippen MR) is 61.5 cm³/mol. The van der Waals surface area contributed by atoms with Gasteiger partial charge in [-0.15, -0.1) is 0 Å². The Hall–Kier alpha value is -0.180. The van der Waals surface area contributed by atoms with Crippen LogP contribution in [0.4, 0.5) is 0 Å². The summed E-state index contributed by atoms with van der Waals surface area (Å²) in [6.07, 6.45) is 0. The molecule has 0 aliphatic rings. The van der Waals surface area contributed by atoms with Crippen molar-refractivity contribution in [3.05, 3.63) is 34.9 Å². The van der Waals surface area contributed by atoms with Crippen molar-refractivity contribution in [1.29, 1.82) is 0 Å². The Labute approximate surface area is 88.9 Å². The summed E-state index contributed by atoms with van der Waals surface area (Å²) >= 11 is 7.71. The summed E-state index contributed by atoms with van der Waals surface area (Å²) in [5.41, 5.74) is 1.34. The maximum absolute atomic E-state index is 5.78. The van der Waals surface area contributed by atoms with Crippen molar-refractivity contribution in [2.24, 2.45) is 0 Å². The van der Waals surface area contributed by atoms with E-state index in [1.165, 1.54) is 5.56 Å². The van der Waals surface area contributed by atoms with Gasteiger partial charge in [0.1, 0.15) is 0 Å². The molecule has 3 heteroatoms. The van der Waals surface area contributed by atoms with Crippen LogP contribution < -0.4 is 5.32 Å². The molecule has 0 amide bonds. The third-order valence-corrected chi connectivity index (χ3v) is 2.96. The molecule has 1 aromatic carbocycles. The van der Waals surface area contributed by atoms with Crippen molar-refractivity contribution in [1.82, 2.24) is 5.32 Å². The molecule has 0 aromatic heterocycles. The van der Waals surface area contributed by atoms with Crippen LogP contribution in [0.5, 0.6) is 0 Å². The molecule has 0 spiro atoms. The second-order valence-corrected chi connectivity index (χ2v) is 4.32. The monoisotopic (exact) mass is 215 g/mol. The largest absolute Gasteiger partial charge is 0.319 e. The highest BCUT2D eigenvalue weighted by Crippen LogP contribution is 2.14. The second-order valence-electron chi connectivity index (χ2n) is 2.78. The van der Waals surface area contributed by atoms with Gasteiger partial charge in [0.15, 0.2) is 0 Å². The van der Waals surface area contributed by atoms with E-state index in [9.17, 15) is 0 Å². The first-order valence-corrected chi connectivity index (χ1v) is 5.83. The first kappa shape index (κ1) is 10.9. The molecule has 1 N–H and O–H groups in total. The summed E-state index contributed by atoms with van der Waals surface area (Å²) in [4.78, 5) is 0. The van der Waals surface area contributed by atoms with Crippen LogP contribution in [0, 0.1) is 0 Å². The number of nitrogens with one attached hydrogen (secondary N) is 1. The molecule has 1 rings (SSSR count). The molecule has 13 heavy (non-hydrogen) atoms. The topological polar surface area (TPSA) is 12.0 Å². The van der Waals surface area contributed by atoms with Crippen LogP contribution in [0.2, 0.25) is 5.02 Å². The Bertz CT molecular complexity index is 235. The highest BCUT2D eigenvalue weighted by atomic mass is 35.5. The van der Waals surface area contributed by atoms with Gasteiger partial charge in [0, 0.05) is 23.1 Å².